The highest BCUT2D eigenvalue weighted by atomic mass is 32.2. The molecule has 1 aromatic carbocycles. The number of carbonyl (C=O) groups is 1. The smallest absolute Gasteiger partial charge is 0.220 e. The van der Waals surface area contributed by atoms with Gasteiger partial charge in [-0.3, -0.25) is 4.79 Å². The van der Waals surface area contributed by atoms with E-state index in [0.717, 1.165) is 17.0 Å². The van der Waals surface area contributed by atoms with E-state index >= 15 is 0 Å². The summed E-state index contributed by atoms with van der Waals surface area (Å²) in [7, 11) is -3.47. The van der Waals surface area contributed by atoms with Crippen LogP contribution < -0.4 is 5.32 Å². The lowest BCUT2D eigenvalue weighted by atomic mass is 10.2. The molecule has 0 saturated carbocycles. The van der Waals surface area contributed by atoms with Crippen molar-refractivity contribution < 1.29 is 17.6 Å². The Hall–Kier alpha value is -1.47. The number of benzene rings is 1. The lowest BCUT2D eigenvalue weighted by molar-refractivity contribution is -0.121. The zero-order chi connectivity index (χ0) is 15.9. The highest BCUT2D eigenvalue weighted by Gasteiger charge is 2.18. The Balaban J connectivity index is 2.66. The molecule has 1 rings (SSSR count). The summed E-state index contributed by atoms with van der Waals surface area (Å²) in [6.07, 6.45) is 2.21. The Kier molecular flexibility index (Phi) is 6.77. The molecule has 0 spiro atoms. The van der Waals surface area contributed by atoms with E-state index in [1.807, 2.05) is 6.92 Å². The standard InChI is InChI=1S/C14H21FN2O3S/c1-3-6-14(18)16-9-10-17(21(2,19)20)11-12-7-4-5-8-13(12)15/h4-5,7-8H,3,6,9-11H2,1-2H3,(H,16,18). The molecule has 7 heteroatoms. The summed E-state index contributed by atoms with van der Waals surface area (Å²) in [6.45, 7) is 2.17. The maximum atomic E-state index is 13.6. The largest absolute Gasteiger partial charge is 0.355 e. The molecule has 118 valence electrons. The summed E-state index contributed by atoms with van der Waals surface area (Å²) in [5.74, 6) is -0.557. The van der Waals surface area contributed by atoms with Gasteiger partial charge in [-0.05, 0) is 12.5 Å². The molecular weight excluding hydrogens is 295 g/mol. The molecule has 0 fully saturated rings. The molecule has 0 bridgehead atoms. The third kappa shape index (κ3) is 6.22. The first kappa shape index (κ1) is 17.6. The second-order valence-corrected chi connectivity index (χ2v) is 6.77. The van der Waals surface area contributed by atoms with Gasteiger partial charge < -0.3 is 5.32 Å². The van der Waals surface area contributed by atoms with Crippen molar-refractivity contribution in [1.29, 1.82) is 0 Å². The van der Waals surface area contributed by atoms with Crippen molar-refractivity contribution in [3.05, 3.63) is 35.6 Å². The first-order valence-corrected chi connectivity index (χ1v) is 8.64. The predicted molar refractivity (Wildman–Crippen MR) is 79.6 cm³/mol. The third-order valence-corrected chi connectivity index (χ3v) is 4.18. The quantitative estimate of drug-likeness (QED) is 0.790. The SMILES string of the molecule is CCCC(=O)NCCN(Cc1ccccc1F)S(C)(=O)=O. The normalized spacial score (nSPS) is 11.6. The van der Waals surface area contributed by atoms with Crippen LogP contribution >= 0.6 is 0 Å². The monoisotopic (exact) mass is 316 g/mol. The maximum Gasteiger partial charge on any atom is 0.220 e. The number of hydrogen-bond acceptors (Lipinski definition) is 3. The molecule has 1 N–H and O–H groups in total. The van der Waals surface area contributed by atoms with Crippen LogP contribution in [0.15, 0.2) is 24.3 Å². The van der Waals surface area contributed by atoms with Gasteiger partial charge in [0, 0.05) is 31.6 Å². The minimum atomic E-state index is -3.47. The first-order chi connectivity index (χ1) is 9.84. The molecule has 0 saturated heterocycles. The van der Waals surface area contributed by atoms with E-state index < -0.39 is 15.8 Å². The van der Waals surface area contributed by atoms with Gasteiger partial charge in [-0.2, -0.15) is 4.31 Å². The Morgan fingerprint density at radius 1 is 1.33 bits per heavy atom. The fourth-order valence-electron chi connectivity index (χ4n) is 1.81. The molecule has 21 heavy (non-hydrogen) atoms. The number of rotatable bonds is 8. The van der Waals surface area contributed by atoms with Crippen LogP contribution in [0.2, 0.25) is 0 Å². The van der Waals surface area contributed by atoms with Crippen LogP contribution in [0.5, 0.6) is 0 Å². The summed E-state index contributed by atoms with van der Waals surface area (Å²) >= 11 is 0. The highest BCUT2D eigenvalue weighted by molar-refractivity contribution is 7.88. The van der Waals surface area contributed by atoms with Crippen LogP contribution in [0, 0.1) is 5.82 Å². The summed E-state index contributed by atoms with van der Waals surface area (Å²) in [6, 6.07) is 6.04. The molecule has 0 aromatic heterocycles. The Morgan fingerprint density at radius 2 is 2.00 bits per heavy atom. The molecule has 0 aliphatic carbocycles. The third-order valence-electron chi connectivity index (χ3n) is 2.93. The minimum Gasteiger partial charge on any atom is -0.355 e. The van der Waals surface area contributed by atoms with E-state index in [9.17, 15) is 17.6 Å². The van der Waals surface area contributed by atoms with Gasteiger partial charge in [0.15, 0.2) is 0 Å². The molecule has 0 aliphatic heterocycles. The van der Waals surface area contributed by atoms with Gasteiger partial charge in [0.25, 0.3) is 0 Å². The predicted octanol–water partition coefficient (Wildman–Crippen LogP) is 1.50. The first-order valence-electron chi connectivity index (χ1n) is 6.79. The second-order valence-electron chi connectivity index (χ2n) is 4.79. The number of carbonyl (C=O) groups excluding carboxylic acids is 1. The van der Waals surface area contributed by atoms with Crippen molar-refractivity contribution in [1.82, 2.24) is 9.62 Å². The van der Waals surface area contributed by atoms with Gasteiger partial charge in [0.05, 0.1) is 6.26 Å². The van der Waals surface area contributed by atoms with Crippen molar-refractivity contribution in [2.24, 2.45) is 0 Å². The van der Waals surface area contributed by atoms with E-state index in [1.54, 1.807) is 18.2 Å². The molecule has 0 atom stereocenters. The van der Waals surface area contributed by atoms with Gasteiger partial charge in [-0.15, -0.1) is 0 Å². The average Bonchev–Trinajstić information content (AvgIpc) is 2.39. The average molecular weight is 316 g/mol. The molecule has 1 amide bonds. The second kappa shape index (κ2) is 8.09. The van der Waals surface area contributed by atoms with Gasteiger partial charge >= 0.3 is 0 Å². The Morgan fingerprint density at radius 3 is 2.57 bits per heavy atom. The van der Waals surface area contributed by atoms with Crippen LogP contribution in [-0.4, -0.2) is 38.0 Å². The van der Waals surface area contributed by atoms with E-state index in [0.29, 0.717) is 12.0 Å². The fourth-order valence-corrected chi connectivity index (χ4v) is 2.61. The molecule has 0 radical (unpaired) electrons. The molecule has 5 nitrogen and oxygen atoms in total. The molecule has 0 heterocycles. The highest BCUT2D eigenvalue weighted by Crippen LogP contribution is 2.11. The van der Waals surface area contributed by atoms with E-state index in [-0.39, 0.29) is 25.5 Å². The lowest BCUT2D eigenvalue weighted by Crippen LogP contribution is -2.37. The summed E-state index contributed by atoms with van der Waals surface area (Å²) in [5, 5.41) is 2.65. The maximum absolute atomic E-state index is 13.6. The summed E-state index contributed by atoms with van der Waals surface area (Å²) < 4.78 is 38.2. The van der Waals surface area contributed by atoms with Crippen LogP contribution in [-0.2, 0) is 21.4 Å². The number of sulfonamides is 1. The van der Waals surface area contributed by atoms with Crippen LogP contribution in [0.3, 0.4) is 0 Å². The van der Waals surface area contributed by atoms with Gasteiger partial charge in [-0.1, -0.05) is 25.1 Å². The number of amides is 1. The van der Waals surface area contributed by atoms with Crippen molar-refractivity contribution >= 4 is 15.9 Å². The summed E-state index contributed by atoms with van der Waals surface area (Å²) in [5.41, 5.74) is 0.308. The topological polar surface area (TPSA) is 66.5 Å². The summed E-state index contributed by atoms with van der Waals surface area (Å²) in [4.78, 5) is 11.3. The lowest BCUT2D eigenvalue weighted by Gasteiger charge is -2.20. The zero-order valence-corrected chi connectivity index (χ0v) is 13.1. The molecule has 0 unspecified atom stereocenters. The number of halogens is 1. The van der Waals surface area contributed by atoms with Crippen molar-refractivity contribution in [2.75, 3.05) is 19.3 Å². The van der Waals surface area contributed by atoms with E-state index in [1.165, 1.54) is 6.07 Å². The fraction of sp³-hybridized carbons (Fsp3) is 0.500. The zero-order valence-electron chi connectivity index (χ0n) is 12.3. The Labute approximate surface area is 125 Å². The molecule has 0 aliphatic rings. The van der Waals surface area contributed by atoms with E-state index in [4.69, 9.17) is 0 Å². The minimum absolute atomic E-state index is 0.0465. The van der Waals surface area contributed by atoms with E-state index in [2.05, 4.69) is 5.32 Å². The van der Waals surface area contributed by atoms with Crippen molar-refractivity contribution in [3.8, 4) is 0 Å². The Bertz CT molecular complexity index is 575. The van der Waals surface area contributed by atoms with Gasteiger partial charge in [0.1, 0.15) is 5.82 Å². The van der Waals surface area contributed by atoms with Crippen LogP contribution in [0.25, 0.3) is 0 Å². The van der Waals surface area contributed by atoms with Crippen molar-refractivity contribution in [2.45, 2.75) is 26.3 Å². The molecule has 1 aromatic rings. The number of nitrogens with zero attached hydrogens (tertiary/aromatic N) is 1. The molecular formula is C14H21FN2O3S. The number of hydrogen-bond donors (Lipinski definition) is 1. The van der Waals surface area contributed by atoms with Crippen LogP contribution in [0.1, 0.15) is 25.3 Å². The van der Waals surface area contributed by atoms with Crippen molar-refractivity contribution in [3.63, 3.8) is 0 Å². The van der Waals surface area contributed by atoms with Gasteiger partial charge in [-0.25, -0.2) is 12.8 Å². The van der Waals surface area contributed by atoms with Gasteiger partial charge in [0.2, 0.25) is 15.9 Å². The number of nitrogens with one attached hydrogen (secondary N) is 1. The van der Waals surface area contributed by atoms with Crippen LogP contribution in [0.4, 0.5) is 4.39 Å².